The van der Waals surface area contributed by atoms with Gasteiger partial charge in [0.25, 0.3) is 0 Å². The van der Waals surface area contributed by atoms with E-state index in [-0.39, 0.29) is 0 Å². The molecule has 0 aliphatic heterocycles. The molecule has 0 rings (SSSR count). The van der Waals surface area contributed by atoms with Crippen LogP contribution in [-0.2, 0) is 4.79 Å². The predicted octanol–water partition coefficient (Wildman–Crippen LogP) is 0.0973. The van der Waals surface area contributed by atoms with Crippen molar-refractivity contribution in [1.82, 2.24) is 0 Å². The molecule has 2 N–H and O–H groups in total. The standard InChI is InChI=1S/C7H14O3/c1-3-5(8)7(10)6(9)4-2/h5-6,8-9H,3-4H2,1-2H3/t5-,6-/m1/s1. The van der Waals surface area contributed by atoms with E-state index in [9.17, 15) is 4.79 Å². The molecule has 0 aliphatic rings. The first-order chi connectivity index (χ1) is 4.63. The zero-order chi connectivity index (χ0) is 8.15. The van der Waals surface area contributed by atoms with E-state index in [1.807, 2.05) is 0 Å². The maximum absolute atomic E-state index is 10.8. The van der Waals surface area contributed by atoms with Gasteiger partial charge in [-0.3, -0.25) is 4.79 Å². The summed E-state index contributed by atoms with van der Waals surface area (Å²) in [4.78, 5) is 10.8. The number of hydrogen-bond donors (Lipinski definition) is 2. The minimum atomic E-state index is -0.991. The van der Waals surface area contributed by atoms with Crippen molar-refractivity contribution in [3.8, 4) is 0 Å². The van der Waals surface area contributed by atoms with Crippen molar-refractivity contribution in [2.24, 2.45) is 0 Å². The van der Waals surface area contributed by atoms with Crippen LogP contribution in [0.3, 0.4) is 0 Å². The Kier molecular flexibility index (Phi) is 4.23. The summed E-state index contributed by atoms with van der Waals surface area (Å²) in [6.45, 7) is 3.40. The predicted molar refractivity (Wildman–Crippen MR) is 37.6 cm³/mol. The van der Waals surface area contributed by atoms with Crippen LogP contribution >= 0.6 is 0 Å². The van der Waals surface area contributed by atoms with E-state index in [4.69, 9.17) is 10.2 Å². The van der Waals surface area contributed by atoms with E-state index in [0.717, 1.165) is 0 Å². The largest absolute Gasteiger partial charge is 0.385 e. The van der Waals surface area contributed by atoms with Crippen molar-refractivity contribution in [2.45, 2.75) is 38.9 Å². The van der Waals surface area contributed by atoms with Crippen LogP contribution in [0.1, 0.15) is 26.7 Å². The monoisotopic (exact) mass is 146 g/mol. The fraction of sp³-hybridized carbons (Fsp3) is 0.857. The van der Waals surface area contributed by atoms with E-state index in [2.05, 4.69) is 0 Å². The minimum Gasteiger partial charge on any atom is -0.385 e. The summed E-state index contributed by atoms with van der Waals surface area (Å²) in [5.41, 5.74) is 0. The summed E-state index contributed by atoms with van der Waals surface area (Å²) in [6.07, 6.45) is -1.24. The van der Waals surface area contributed by atoms with Gasteiger partial charge in [0.05, 0.1) is 0 Å². The average molecular weight is 146 g/mol. The fourth-order valence-corrected chi connectivity index (χ4v) is 0.624. The quantitative estimate of drug-likeness (QED) is 0.591. The van der Waals surface area contributed by atoms with Gasteiger partial charge in [0.2, 0.25) is 0 Å². The number of carbonyl (C=O) groups excluding carboxylic acids is 1. The Morgan fingerprint density at radius 3 is 1.70 bits per heavy atom. The molecule has 0 radical (unpaired) electrons. The topological polar surface area (TPSA) is 57.5 Å². The Hall–Kier alpha value is -0.410. The number of carbonyl (C=O) groups is 1. The van der Waals surface area contributed by atoms with E-state index in [1.165, 1.54) is 0 Å². The third-order valence-corrected chi connectivity index (χ3v) is 1.43. The Morgan fingerprint density at radius 2 is 1.50 bits per heavy atom. The number of ketones is 1. The zero-order valence-corrected chi connectivity index (χ0v) is 6.37. The molecule has 10 heavy (non-hydrogen) atoms. The Balaban J connectivity index is 3.82. The third kappa shape index (κ3) is 2.45. The molecule has 0 heterocycles. The molecule has 60 valence electrons. The number of aliphatic hydroxyl groups excluding tert-OH is 2. The summed E-state index contributed by atoms with van der Waals surface area (Å²) >= 11 is 0. The van der Waals surface area contributed by atoms with Crippen LogP contribution in [-0.4, -0.2) is 28.2 Å². The van der Waals surface area contributed by atoms with Crippen LogP contribution in [0.2, 0.25) is 0 Å². The molecule has 3 nitrogen and oxygen atoms in total. The highest BCUT2D eigenvalue weighted by molar-refractivity contribution is 5.86. The lowest BCUT2D eigenvalue weighted by Gasteiger charge is -2.10. The van der Waals surface area contributed by atoms with E-state index in [0.29, 0.717) is 12.8 Å². The lowest BCUT2D eigenvalue weighted by Crippen LogP contribution is -2.30. The smallest absolute Gasteiger partial charge is 0.189 e. The Morgan fingerprint density at radius 1 is 1.20 bits per heavy atom. The highest BCUT2D eigenvalue weighted by Gasteiger charge is 2.19. The second-order valence-corrected chi connectivity index (χ2v) is 2.25. The molecular formula is C7H14O3. The van der Waals surface area contributed by atoms with Gasteiger partial charge < -0.3 is 10.2 Å². The van der Waals surface area contributed by atoms with Crippen LogP contribution in [0.15, 0.2) is 0 Å². The average Bonchev–Trinajstić information content (AvgIpc) is 2.00. The maximum Gasteiger partial charge on any atom is 0.189 e. The summed E-state index contributed by atoms with van der Waals surface area (Å²) in [6, 6.07) is 0. The number of Topliss-reactive ketones (excluding diaryl/α,β-unsaturated/α-hetero) is 1. The molecule has 0 aromatic rings. The molecule has 0 saturated carbocycles. The molecule has 0 amide bonds. The molecule has 0 spiro atoms. The normalized spacial score (nSPS) is 16.4. The van der Waals surface area contributed by atoms with Crippen LogP contribution in [0.4, 0.5) is 0 Å². The SMILES string of the molecule is CC[C@@H](O)C(=O)[C@H](O)CC. The second kappa shape index (κ2) is 4.41. The van der Waals surface area contributed by atoms with Gasteiger partial charge in [-0.15, -0.1) is 0 Å². The highest BCUT2D eigenvalue weighted by Crippen LogP contribution is 1.99. The molecule has 3 heteroatoms. The van der Waals surface area contributed by atoms with Crippen LogP contribution in [0, 0.1) is 0 Å². The molecule has 0 aromatic heterocycles. The van der Waals surface area contributed by atoms with Crippen molar-refractivity contribution in [2.75, 3.05) is 0 Å². The van der Waals surface area contributed by atoms with Gasteiger partial charge in [-0.25, -0.2) is 0 Å². The summed E-state index contributed by atoms with van der Waals surface area (Å²) in [5, 5.41) is 17.8. The Labute approximate surface area is 60.7 Å². The van der Waals surface area contributed by atoms with Crippen LogP contribution < -0.4 is 0 Å². The van der Waals surface area contributed by atoms with E-state index in [1.54, 1.807) is 13.8 Å². The van der Waals surface area contributed by atoms with Gasteiger partial charge in [-0.05, 0) is 12.8 Å². The van der Waals surface area contributed by atoms with Crippen molar-refractivity contribution < 1.29 is 15.0 Å². The molecule has 0 unspecified atom stereocenters. The van der Waals surface area contributed by atoms with Crippen molar-refractivity contribution in [3.63, 3.8) is 0 Å². The van der Waals surface area contributed by atoms with E-state index < -0.39 is 18.0 Å². The van der Waals surface area contributed by atoms with Crippen LogP contribution in [0.5, 0.6) is 0 Å². The number of hydrogen-bond acceptors (Lipinski definition) is 3. The molecule has 2 atom stereocenters. The first-order valence-corrected chi connectivity index (χ1v) is 3.53. The lowest BCUT2D eigenvalue weighted by atomic mass is 10.1. The highest BCUT2D eigenvalue weighted by atomic mass is 16.3. The zero-order valence-electron chi connectivity index (χ0n) is 6.37. The van der Waals surface area contributed by atoms with Gasteiger partial charge in [0, 0.05) is 0 Å². The van der Waals surface area contributed by atoms with Crippen molar-refractivity contribution in [1.29, 1.82) is 0 Å². The third-order valence-electron chi connectivity index (χ3n) is 1.43. The first kappa shape index (κ1) is 9.59. The van der Waals surface area contributed by atoms with Gasteiger partial charge in [-0.1, -0.05) is 13.8 Å². The molecular weight excluding hydrogens is 132 g/mol. The minimum absolute atomic E-state index is 0.371. The fourth-order valence-electron chi connectivity index (χ4n) is 0.624. The first-order valence-electron chi connectivity index (χ1n) is 3.53. The number of rotatable bonds is 4. The molecule has 0 fully saturated rings. The van der Waals surface area contributed by atoms with E-state index >= 15 is 0 Å². The molecule has 0 aromatic carbocycles. The van der Waals surface area contributed by atoms with Crippen LogP contribution in [0.25, 0.3) is 0 Å². The van der Waals surface area contributed by atoms with Crippen molar-refractivity contribution in [3.05, 3.63) is 0 Å². The van der Waals surface area contributed by atoms with Crippen molar-refractivity contribution >= 4 is 5.78 Å². The van der Waals surface area contributed by atoms with Gasteiger partial charge in [0.1, 0.15) is 12.2 Å². The Bertz CT molecular complexity index is 99.4. The molecule has 0 saturated heterocycles. The number of aliphatic hydroxyl groups is 2. The summed E-state index contributed by atoms with van der Waals surface area (Å²) in [5.74, 6) is -0.468. The summed E-state index contributed by atoms with van der Waals surface area (Å²) < 4.78 is 0. The summed E-state index contributed by atoms with van der Waals surface area (Å²) in [7, 11) is 0. The maximum atomic E-state index is 10.8. The molecule has 0 aliphatic carbocycles. The second-order valence-electron chi connectivity index (χ2n) is 2.25. The van der Waals surface area contributed by atoms with Gasteiger partial charge in [-0.2, -0.15) is 0 Å². The van der Waals surface area contributed by atoms with Gasteiger partial charge in [0.15, 0.2) is 5.78 Å². The molecule has 0 bridgehead atoms. The van der Waals surface area contributed by atoms with Gasteiger partial charge >= 0.3 is 0 Å². The lowest BCUT2D eigenvalue weighted by molar-refractivity contribution is -0.135.